The van der Waals surface area contributed by atoms with Crippen LogP contribution in [0, 0.1) is 6.92 Å². The van der Waals surface area contributed by atoms with Crippen LogP contribution in [0.2, 0.25) is 0 Å². The van der Waals surface area contributed by atoms with Crippen LogP contribution < -0.4 is 5.32 Å². The Kier molecular flexibility index (Phi) is 3.96. The Morgan fingerprint density at radius 2 is 2.10 bits per heavy atom. The molecule has 0 radical (unpaired) electrons. The monoisotopic (exact) mass is 349 g/mol. The van der Waals surface area contributed by atoms with E-state index in [-0.39, 0.29) is 6.04 Å². The molecule has 0 saturated carbocycles. The van der Waals surface area contributed by atoms with Gasteiger partial charge in [-0.1, -0.05) is 25.1 Å². The highest BCUT2D eigenvalue weighted by atomic mass is 79.9. The zero-order valence-corrected chi connectivity index (χ0v) is 13.8. The van der Waals surface area contributed by atoms with Crippen molar-refractivity contribution >= 4 is 38.2 Å². The molecule has 104 valence electrons. The third kappa shape index (κ3) is 2.55. The number of hydrogen-bond acceptors (Lipinski definition) is 3. The Balaban J connectivity index is 2.05. The lowest BCUT2D eigenvalue weighted by molar-refractivity contribution is 0.481. The molecule has 0 saturated heterocycles. The summed E-state index contributed by atoms with van der Waals surface area (Å²) in [5.41, 5.74) is 2.21. The fourth-order valence-corrected chi connectivity index (χ4v) is 3.97. The Bertz CT molecular complexity index is 678. The lowest BCUT2D eigenvalue weighted by Gasteiger charge is -2.13. The summed E-state index contributed by atoms with van der Waals surface area (Å²) in [5.74, 6) is 0.974. The number of halogens is 1. The number of aryl methyl sites for hydroxylation is 1. The minimum absolute atomic E-state index is 0.113. The topological polar surface area (TPSA) is 25.2 Å². The Hall–Kier alpha value is -1.10. The quantitative estimate of drug-likeness (QED) is 0.694. The van der Waals surface area contributed by atoms with Crippen LogP contribution in [0.15, 0.2) is 44.6 Å². The van der Waals surface area contributed by atoms with Crippen molar-refractivity contribution in [2.24, 2.45) is 0 Å². The van der Waals surface area contributed by atoms with Crippen LogP contribution in [0.3, 0.4) is 0 Å². The van der Waals surface area contributed by atoms with E-state index in [4.69, 9.17) is 4.42 Å². The maximum Gasteiger partial charge on any atom is 0.134 e. The second kappa shape index (κ2) is 5.72. The molecule has 0 amide bonds. The first-order valence-corrected chi connectivity index (χ1v) is 8.27. The van der Waals surface area contributed by atoms with E-state index in [2.05, 4.69) is 53.3 Å². The van der Waals surface area contributed by atoms with Gasteiger partial charge in [-0.15, -0.1) is 11.3 Å². The molecule has 4 heteroatoms. The molecule has 1 aromatic carbocycles. The van der Waals surface area contributed by atoms with Crippen LogP contribution in [0.25, 0.3) is 11.0 Å². The lowest BCUT2D eigenvalue weighted by atomic mass is 10.1. The standard InChI is InChI=1S/C16H16BrNOS/c1-3-18-15(14-8-10(2)16(17)20-14)13-9-11-6-4-5-7-12(11)19-13/h4-9,15,18H,3H2,1-2H3. The van der Waals surface area contributed by atoms with Crippen molar-refractivity contribution in [1.29, 1.82) is 0 Å². The summed E-state index contributed by atoms with van der Waals surface area (Å²) in [7, 11) is 0. The van der Waals surface area contributed by atoms with Gasteiger partial charge in [-0.2, -0.15) is 0 Å². The number of hydrogen-bond donors (Lipinski definition) is 1. The van der Waals surface area contributed by atoms with Gasteiger partial charge >= 0.3 is 0 Å². The highest BCUT2D eigenvalue weighted by Crippen LogP contribution is 2.36. The molecule has 3 rings (SSSR count). The molecular formula is C16H16BrNOS. The Morgan fingerprint density at radius 1 is 1.30 bits per heavy atom. The first-order chi connectivity index (χ1) is 9.69. The maximum atomic E-state index is 6.02. The fraction of sp³-hybridized carbons (Fsp3) is 0.250. The van der Waals surface area contributed by atoms with Gasteiger partial charge in [-0.25, -0.2) is 0 Å². The van der Waals surface area contributed by atoms with Crippen LogP contribution >= 0.6 is 27.3 Å². The van der Waals surface area contributed by atoms with Crippen molar-refractivity contribution in [3.05, 3.63) is 56.4 Å². The summed E-state index contributed by atoms with van der Waals surface area (Å²) in [6.07, 6.45) is 0. The first-order valence-electron chi connectivity index (χ1n) is 6.66. The van der Waals surface area contributed by atoms with Crippen molar-refractivity contribution in [2.75, 3.05) is 6.54 Å². The van der Waals surface area contributed by atoms with Crippen LogP contribution in [0.5, 0.6) is 0 Å². The maximum absolute atomic E-state index is 6.02. The normalized spacial score (nSPS) is 12.9. The molecule has 0 aliphatic rings. The smallest absolute Gasteiger partial charge is 0.134 e. The van der Waals surface area contributed by atoms with Gasteiger partial charge in [0.1, 0.15) is 17.4 Å². The molecule has 0 aliphatic heterocycles. The Labute approximate surface area is 130 Å². The zero-order valence-electron chi connectivity index (χ0n) is 11.4. The highest BCUT2D eigenvalue weighted by molar-refractivity contribution is 9.11. The van der Waals surface area contributed by atoms with E-state index in [1.807, 2.05) is 18.2 Å². The molecule has 0 spiro atoms. The number of thiophene rings is 1. The third-order valence-corrected chi connectivity index (χ3v) is 5.50. The van der Waals surface area contributed by atoms with Gasteiger partial charge < -0.3 is 9.73 Å². The fourth-order valence-electron chi connectivity index (χ4n) is 2.32. The third-order valence-electron chi connectivity index (χ3n) is 3.30. The molecule has 1 unspecified atom stereocenters. The molecule has 20 heavy (non-hydrogen) atoms. The summed E-state index contributed by atoms with van der Waals surface area (Å²) >= 11 is 5.36. The van der Waals surface area contributed by atoms with E-state index in [1.165, 1.54) is 14.2 Å². The minimum Gasteiger partial charge on any atom is -0.459 e. The van der Waals surface area contributed by atoms with E-state index >= 15 is 0 Å². The molecule has 2 nitrogen and oxygen atoms in total. The van der Waals surface area contributed by atoms with Crippen LogP contribution in [0.1, 0.15) is 29.2 Å². The molecule has 2 heterocycles. The van der Waals surface area contributed by atoms with Gasteiger partial charge in [0.25, 0.3) is 0 Å². The van der Waals surface area contributed by atoms with Gasteiger partial charge in [0, 0.05) is 10.3 Å². The van der Waals surface area contributed by atoms with Crippen LogP contribution in [0.4, 0.5) is 0 Å². The molecule has 2 aromatic heterocycles. The minimum atomic E-state index is 0.113. The van der Waals surface area contributed by atoms with E-state index in [9.17, 15) is 0 Å². The second-order valence-corrected chi connectivity index (χ2v) is 7.18. The summed E-state index contributed by atoms with van der Waals surface area (Å²) in [6, 6.07) is 12.6. The molecule has 1 N–H and O–H groups in total. The van der Waals surface area contributed by atoms with Gasteiger partial charge in [0.05, 0.1) is 3.79 Å². The molecular weight excluding hydrogens is 334 g/mol. The summed E-state index contributed by atoms with van der Waals surface area (Å²) in [4.78, 5) is 1.27. The van der Waals surface area contributed by atoms with Gasteiger partial charge in [-0.05, 0) is 53.2 Å². The largest absolute Gasteiger partial charge is 0.459 e. The number of benzene rings is 1. The van der Waals surface area contributed by atoms with Gasteiger partial charge in [-0.3, -0.25) is 0 Å². The molecule has 0 fully saturated rings. The summed E-state index contributed by atoms with van der Waals surface area (Å²) in [6.45, 7) is 5.13. The van der Waals surface area contributed by atoms with Crippen molar-refractivity contribution in [1.82, 2.24) is 5.32 Å². The first kappa shape index (κ1) is 13.9. The van der Waals surface area contributed by atoms with E-state index < -0.39 is 0 Å². The lowest BCUT2D eigenvalue weighted by Crippen LogP contribution is -2.20. The highest BCUT2D eigenvalue weighted by Gasteiger charge is 2.20. The van der Waals surface area contributed by atoms with E-state index in [0.717, 1.165) is 23.3 Å². The van der Waals surface area contributed by atoms with Crippen LogP contribution in [-0.2, 0) is 0 Å². The average molecular weight is 350 g/mol. The number of nitrogens with one attached hydrogen (secondary N) is 1. The van der Waals surface area contributed by atoms with Crippen molar-refractivity contribution in [3.63, 3.8) is 0 Å². The van der Waals surface area contributed by atoms with Crippen molar-refractivity contribution in [2.45, 2.75) is 19.9 Å². The predicted molar refractivity (Wildman–Crippen MR) is 88.5 cm³/mol. The molecule has 0 aliphatic carbocycles. The van der Waals surface area contributed by atoms with Crippen molar-refractivity contribution in [3.8, 4) is 0 Å². The van der Waals surface area contributed by atoms with Crippen molar-refractivity contribution < 1.29 is 4.42 Å². The zero-order chi connectivity index (χ0) is 14.1. The molecule has 3 aromatic rings. The Morgan fingerprint density at radius 3 is 2.75 bits per heavy atom. The molecule has 0 bridgehead atoms. The predicted octanol–water partition coefficient (Wildman–Crippen LogP) is 5.26. The van der Waals surface area contributed by atoms with Crippen LogP contribution in [-0.4, -0.2) is 6.54 Å². The average Bonchev–Trinajstić information content (AvgIpc) is 3.00. The summed E-state index contributed by atoms with van der Waals surface area (Å²) < 4.78 is 7.20. The van der Waals surface area contributed by atoms with Gasteiger partial charge in [0.2, 0.25) is 0 Å². The SMILES string of the molecule is CCNC(c1cc2ccccc2o1)c1cc(C)c(Br)s1. The summed E-state index contributed by atoms with van der Waals surface area (Å²) in [5, 5.41) is 4.66. The van der Waals surface area contributed by atoms with E-state index in [0.29, 0.717) is 0 Å². The van der Waals surface area contributed by atoms with E-state index in [1.54, 1.807) is 11.3 Å². The number of para-hydroxylation sites is 1. The number of fused-ring (bicyclic) bond motifs is 1. The second-order valence-electron chi connectivity index (χ2n) is 4.78. The number of rotatable bonds is 4. The number of furan rings is 1. The molecule has 1 atom stereocenters. The van der Waals surface area contributed by atoms with Gasteiger partial charge in [0.15, 0.2) is 0 Å².